The van der Waals surface area contributed by atoms with E-state index in [9.17, 15) is 9.59 Å². The molecule has 0 aliphatic rings. The number of benzene rings is 1. The van der Waals surface area contributed by atoms with Crippen LogP contribution in [0.25, 0.3) is 0 Å². The van der Waals surface area contributed by atoms with Gasteiger partial charge in [-0.3, -0.25) is 9.59 Å². The third-order valence-electron chi connectivity index (χ3n) is 4.57. The Hall–Kier alpha value is -1.84. The first-order chi connectivity index (χ1) is 12.6. The summed E-state index contributed by atoms with van der Waals surface area (Å²) >= 11 is 0. The largest absolute Gasteiger partial charge is 0.466 e. The number of hydrogen-bond donors (Lipinski definition) is 0. The molecule has 4 heteroatoms. The molecule has 0 saturated heterocycles. The van der Waals surface area contributed by atoms with E-state index >= 15 is 0 Å². The summed E-state index contributed by atoms with van der Waals surface area (Å²) < 4.78 is 10.6. The smallest absolute Gasteiger partial charge is 0.309 e. The van der Waals surface area contributed by atoms with E-state index in [1.807, 2.05) is 25.1 Å². The van der Waals surface area contributed by atoms with Crippen LogP contribution in [-0.2, 0) is 19.1 Å². The second kappa shape index (κ2) is 13.4. The molecule has 1 aromatic rings. The highest BCUT2D eigenvalue weighted by Gasteiger charge is 2.25. The zero-order valence-electron chi connectivity index (χ0n) is 16.5. The van der Waals surface area contributed by atoms with Crippen molar-refractivity contribution in [3.63, 3.8) is 0 Å². The molecule has 0 radical (unpaired) electrons. The minimum atomic E-state index is -0.424. The number of rotatable bonds is 13. The number of ether oxygens (including phenoxy) is 2. The lowest BCUT2D eigenvalue weighted by Gasteiger charge is -2.18. The molecule has 1 aromatic carbocycles. The summed E-state index contributed by atoms with van der Waals surface area (Å²) in [4.78, 5) is 24.4. The Morgan fingerprint density at radius 1 is 0.923 bits per heavy atom. The second-order valence-corrected chi connectivity index (χ2v) is 6.89. The second-order valence-electron chi connectivity index (χ2n) is 6.89. The van der Waals surface area contributed by atoms with Crippen molar-refractivity contribution >= 4 is 11.9 Å². The van der Waals surface area contributed by atoms with Crippen LogP contribution in [0.15, 0.2) is 30.3 Å². The summed E-state index contributed by atoms with van der Waals surface area (Å²) in [6, 6.07) is 10.2. The molecule has 0 fully saturated rings. The van der Waals surface area contributed by atoms with Gasteiger partial charge in [0.15, 0.2) is 0 Å². The molecule has 0 aliphatic carbocycles. The Morgan fingerprint density at radius 2 is 1.54 bits per heavy atom. The third kappa shape index (κ3) is 9.02. The van der Waals surface area contributed by atoms with Crippen molar-refractivity contribution in [3.8, 4) is 0 Å². The van der Waals surface area contributed by atoms with Crippen LogP contribution in [-0.4, -0.2) is 25.2 Å². The SMILES string of the molecule is CCCCOC(=O)CC(CCC(C)c1ccccc1)C(=O)OCCCC. The van der Waals surface area contributed by atoms with Gasteiger partial charge in [-0.05, 0) is 37.2 Å². The lowest BCUT2D eigenvalue weighted by molar-refractivity contribution is -0.155. The van der Waals surface area contributed by atoms with Crippen molar-refractivity contribution in [3.05, 3.63) is 35.9 Å². The van der Waals surface area contributed by atoms with Gasteiger partial charge in [-0.1, -0.05) is 63.9 Å². The highest BCUT2D eigenvalue weighted by Crippen LogP contribution is 2.25. The summed E-state index contributed by atoms with van der Waals surface area (Å²) in [5, 5.41) is 0. The number of carbonyl (C=O) groups is 2. The van der Waals surface area contributed by atoms with E-state index in [0.717, 1.165) is 32.1 Å². The first-order valence-electron chi connectivity index (χ1n) is 9.95. The molecule has 0 heterocycles. The summed E-state index contributed by atoms with van der Waals surface area (Å²) in [6.07, 6.45) is 5.22. The van der Waals surface area contributed by atoms with E-state index in [2.05, 4.69) is 26.0 Å². The predicted octanol–water partition coefficient (Wildman–Crippen LogP) is 5.26. The molecule has 0 saturated carbocycles. The molecular weight excluding hydrogens is 328 g/mol. The molecule has 2 atom stereocenters. The molecule has 0 spiro atoms. The Morgan fingerprint density at radius 3 is 2.15 bits per heavy atom. The zero-order chi connectivity index (χ0) is 19.2. The predicted molar refractivity (Wildman–Crippen MR) is 104 cm³/mol. The minimum Gasteiger partial charge on any atom is -0.466 e. The fraction of sp³-hybridized carbons (Fsp3) is 0.636. The van der Waals surface area contributed by atoms with Crippen molar-refractivity contribution in [1.29, 1.82) is 0 Å². The summed E-state index contributed by atoms with van der Waals surface area (Å²) in [5.41, 5.74) is 1.25. The monoisotopic (exact) mass is 362 g/mol. The van der Waals surface area contributed by atoms with Gasteiger partial charge >= 0.3 is 11.9 Å². The van der Waals surface area contributed by atoms with E-state index < -0.39 is 5.92 Å². The maximum absolute atomic E-state index is 12.4. The third-order valence-corrected chi connectivity index (χ3v) is 4.57. The average molecular weight is 363 g/mol. The molecule has 0 bridgehead atoms. The standard InChI is InChI=1S/C22H34O4/c1-4-6-15-25-21(23)17-20(22(24)26-16-7-5-2)14-13-18(3)19-11-9-8-10-12-19/h8-12,18,20H,4-7,13-17H2,1-3H3. The highest BCUT2D eigenvalue weighted by atomic mass is 16.5. The lowest BCUT2D eigenvalue weighted by atomic mass is 9.90. The van der Waals surface area contributed by atoms with Gasteiger partial charge < -0.3 is 9.47 Å². The van der Waals surface area contributed by atoms with Gasteiger partial charge in [-0.15, -0.1) is 0 Å². The van der Waals surface area contributed by atoms with Gasteiger partial charge in [0, 0.05) is 0 Å². The van der Waals surface area contributed by atoms with Crippen LogP contribution in [0.4, 0.5) is 0 Å². The molecule has 0 amide bonds. The first kappa shape index (κ1) is 22.2. The molecular formula is C22H34O4. The van der Waals surface area contributed by atoms with Gasteiger partial charge in [0.05, 0.1) is 25.6 Å². The molecule has 0 aromatic heterocycles. The summed E-state index contributed by atoms with van der Waals surface area (Å²) in [6.45, 7) is 7.09. The average Bonchev–Trinajstić information content (AvgIpc) is 2.65. The van der Waals surface area contributed by atoms with Crippen molar-refractivity contribution in [1.82, 2.24) is 0 Å². The molecule has 26 heavy (non-hydrogen) atoms. The first-order valence-corrected chi connectivity index (χ1v) is 9.95. The molecule has 2 unspecified atom stereocenters. The van der Waals surface area contributed by atoms with Crippen LogP contribution in [0.2, 0.25) is 0 Å². The Bertz CT molecular complexity index is 512. The van der Waals surface area contributed by atoms with Gasteiger partial charge in [0.1, 0.15) is 0 Å². The highest BCUT2D eigenvalue weighted by molar-refractivity contribution is 5.79. The number of esters is 2. The summed E-state index contributed by atoms with van der Waals surface area (Å²) in [5.74, 6) is -0.667. The fourth-order valence-corrected chi connectivity index (χ4v) is 2.73. The molecule has 4 nitrogen and oxygen atoms in total. The molecule has 1 rings (SSSR count). The van der Waals surface area contributed by atoms with E-state index in [1.165, 1.54) is 5.56 Å². The topological polar surface area (TPSA) is 52.6 Å². The molecule has 146 valence electrons. The van der Waals surface area contributed by atoms with Crippen LogP contribution < -0.4 is 0 Å². The van der Waals surface area contributed by atoms with Crippen molar-refractivity contribution in [2.45, 2.75) is 71.6 Å². The quantitative estimate of drug-likeness (QED) is 0.355. The van der Waals surface area contributed by atoms with Crippen LogP contribution in [0.5, 0.6) is 0 Å². The number of carbonyl (C=O) groups excluding carboxylic acids is 2. The van der Waals surface area contributed by atoms with Gasteiger partial charge in [-0.2, -0.15) is 0 Å². The van der Waals surface area contributed by atoms with Crippen LogP contribution in [0, 0.1) is 5.92 Å². The van der Waals surface area contributed by atoms with Crippen LogP contribution >= 0.6 is 0 Å². The number of hydrogen-bond acceptors (Lipinski definition) is 4. The van der Waals surface area contributed by atoms with Crippen molar-refractivity contribution in [2.24, 2.45) is 5.92 Å². The van der Waals surface area contributed by atoms with E-state index in [-0.39, 0.29) is 18.4 Å². The zero-order valence-corrected chi connectivity index (χ0v) is 16.5. The molecule has 0 aliphatic heterocycles. The Balaban J connectivity index is 2.58. The van der Waals surface area contributed by atoms with Crippen molar-refractivity contribution < 1.29 is 19.1 Å². The summed E-state index contributed by atoms with van der Waals surface area (Å²) in [7, 11) is 0. The van der Waals surface area contributed by atoms with E-state index in [4.69, 9.17) is 9.47 Å². The van der Waals surface area contributed by atoms with E-state index in [0.29, 0.717) is 25.6 Å². The maximum atomic E-state index is 12.4. The van der Waals surface area contributed by atoms with E-state index in [1.54, 1.807) is 0 Å². The van der Waals surface area contributed by atoms with Gasteiger partial charge in [0.25, 0.3) is 0 Å². The number of unbranched alkanes of at least 4 members (excludes halogenated alkanes) is 2. The minimum absolute atomic E-state index is 0.107. The lowest BCUT2D eigenvalue weighted by Crippen LogP contribution is -2.23. The fourth-order valence-electron chi connectivity index (χ4n) is 2.73. The van der Waals surface area contributed by atoms with Crippen LogP contribution in [0.1, 0.15) is 77.2 Å². The molecule has 0 N–H and O–H groups in total. The van der Waals surface area contributed by atoms with Crippen molar-refractivity contribution in [2.75, 3.05) is 13.2 Å². The van der Waals surface area contributed by atoms with Crippen LogP contribution in [0.3, 0.4) is 0 Å². The Kier molecular flexibility index (Phi) is 11.4. The maximum Gasteiger partial charge on any atom is 0.309 e. The van der Waals surface area contributed by atoms with Gasteiger partial charge in [0.2, 0.25) is 0 Å². The normalized spacial score (nSPS) is 13.0. The Labute approximate surface area is 158 Å². The van der Waals surface area contributed by atoms with Gasteiger partial charge in [-0.25, -0.2) is 0 Å².